The number of amides is 1. The first-order valence-electron chi connectivity index (χ1n) is 6.96. The van der Waals surface area contributed by atoms with Gasteiger partial charge in [0, 0.05) is 0 Å². The fourth-order valence-electron chi connectivity index (χ4n) is 1.87. The van der Waals surface area contributed by atoms with E-state index in [1.807, 2.05) is 0 Å². The van der Waals surface area contributed by atoms with Gasteiger partial charge in [-0.05, 0) is 13.8 Å². The molecule has 0 unspecified atom stereocenters. The second kappa shape index (κ2) is 6.99. The Balaban J connectivity index is 2.01. The van der Waals surface area contributed by atoms with Crippen molar-refractivity contribution in [3.63, 3.8) is 0 Å². The normalized spacial score (nSPS) is 11.4. The highest BCUT2D eigenvalue weighted by molar-refractivity contribution is 6.42. The quantitative estimate of drug-likeness (QED) is 0.523. The van der Waals surface area contributed by atoms with Gasteiger partial charge in [-0.3, -0.25) is 5.32 Å². The molecule has 0 bridgehead atoms. The Kier molecular flexibility index (Phi) is 4.76. The zero-order valence-electron chi connectivity index (χ0n) is 13.0. The summed E-state index contributed by atoms with van der Waals surface area (Å²) < 4.78 is 6.11. The summed E-state index contributed by atoms with van der Waals surface area (Å²) in [6.07, 6.45) is 0.522. The van der Waals surface area contributed by atoms with Gasteiger partial charge in [-0.25, -0.2) is 14.8 Å². The fraction of sp³-hybridized carbons (Fsp3) is 0.250. The summed E-state index contributed by atoms with van der Waals surface area (Å²) in [5.41, 5.74) is 0.642. The minimum absolute atomic E-state index is 0.0491. The third kappa shape index (κ3) is 3.51. The van der Waals surface area contributed by atoms with Gasteiger partial charge >= 0.3 is 6.09 Å². The van der Waals surface area contributed by atoms with Gasteiger partial charge in [0.2, 0.25) is 0 Å². The van der Waals surface area contributed by atoms with Crippen molar-refractivity contribution >= 4 is 52.3 Å². The average molecular weight is 384 g/mol. The van der Waals surface area contributed by atoms with Gasteiger partial charge in [0.05, 0.1) is 6.61 Å². The van der Waals surface area contributed by atoms with E-state index >= 15 is 0 Å². The molecular weight excluding hydrogens is 373 g/mol. The van der Waals surface area contributed by atoms with Crippen molar-refractivity contribution in [2.45, 2.75) is 13.8 Å². The van der Waals surface area contributed by atoms with E-state index in [4.69, 9.17) is 27.9 Å². The molecule has 3 rings (SSSR count). The number of carbonyl (C=O) groups is 1. The van der Waals surface area contributed by atoms with Gasteiger partial charge in [0.1, 0.15) is 17.2 Å². The van der Waals surface area contributed by atoms with Crippen molar-refractivity contribution < 1.29 is 9.53 Å². The molecule has 25 heavy (non-hydrogen) atoms. The smallest absolute Gasteiger partial charge is 0.412 e. The van der Waals surface area contributed by atoms with Crippen LogP contribution in [-0.2, 0) is 4.74 Å². The number of azo groups is 1. The molecule has 0 aliphatic carbocycles. The molecule has 3 heterocycles. The summed E-state index contributed by atoms with van der Waals surface area (Å²) >= 11 is 11.8. The van der Waals surface area contributed by atoms with Crippen LogP contribution >= 0.6 is 23.2 Å². The van der Waals surface area contributed by atoms with E-state index in [0.29, 0.717) is 11.5 Å². The number of hydrogen-bond donors (Lipinski definition) is 2. The summed E-state index contributed by atoms with van der Waals surface area (Å²) in [7, 11) is 0. The minimum atomic E-state index is -0.681. The van der Waals surface area contributed by atoms with Crippen molar-refractivity contribution in [2.24, 2.45) is 10.2 Å². The SMILES string of the molecule is CCOC(=O)Nc1nn2nc(C)[nH]c2c1/N=N/c1ncnc(Cl)c1Cl. The Morgan fingerprint density at radius 2 is 2.16 bits per heavy atom. The standard InChI is InChI=1S/C12H11Cl2N9O2/c1-3-25-12(24)18-10-7(11-17-5(2)21-23(11)22-10)19-20-9-6(13)8(14)15-4-16-9/h4H,3H2,1-2H3,(H,17,21)(H,18,22,24)/b20-19+. The van der Waals surface area contributed by atoms with Gasteiger partial charge in [0.15, 0.2) is 28.1 Å². The number of ether oxygens (including phenoxy) is 1. The first kappa shape index (κ1) is 17.0. The first-order valence-corrected chi connectivity index (χ1v) is 7.72. The predicted octanol–water partition coefficient (Wildman–Crippen LogP) is 3.45. The third-order valence-electron chi connectivity index (χ3n) is 2.86. The van der Waals surface area contributed by atoms with Crippen LogP contribution in [0.1, 0.15) is 12.7 Å². The predicted molar refractivity (Wildman–Crippen MR) is 88.9 cm³/mol. The van der Waals surface area contributed by atoms with E-state index in [0.717, 1.165) is 0 Å². The van der Waals surface area contributed by atoms with Gasteiger partial charge < -0.3 is 9.72 Å². The zero-order chi connectivity index (χ0) is 18.0. The molecule has 13 heteroatoms. The van der Waals surface area contributed by atoms with E-state index in [1.54, 1.807) is 13.8 Å². The highest BCUT2D eigenvalue weighted by atomic mass is 35.5. The molecule has 0 aliphatic rings. The van der Waals surface area contributed by atoms with E-state index in [2.05, 4.69) is 40.7 Å². The van der Waals surface area contributed by atoms with E-state index in [1.165, 1.54) is 11.0 Å². The number of carbonyl (C=O) groups excluding carboxylic acids is 1. The molecule has 2 N–H and O–H groups in total. The second-order valence-corrected chi connectivity index (χ2v) is 5.33. The number of nitrogens with zero attached hydrogens (tertiary/aromatic N) is 7. The van der Waals surface area contributed by atoms with Crippen LogP contribution in [0.15, 0.2) is 16.6 Å². The Morgan fingerprint density at radius 1 is 1.36 bits per heavy atom. The summed E-state index contributed by atoms with van der Waals surface area (Å²) in [6.45, 7) is 3.64. The molecule has 3 aromatic rings. The highest BCUT2D eigenvalue weighted by Crippen LogP contribution is 2.33. The maximum absolute atomic E-state index is 11.7. The molecule has 0 aliphatic heterocycles. The number of rotatable bonds is 4. The topological polar surface area (TPSA) is 135 Å². The lowest BCUT2D eigenvalue weighted by atomic mass is 10.5. The number of aryl methyl sites for hydroxylation is 1. The summed E-state index contributed by atoms with van der Waals surface area (Å²) in [6, 6.07) is 0. The van der Waals surface area contributed by atoms with Crippen LogP contribution < -0.4 is 5.32 Å². The molecule has 0 fully saturated rings. The van der Waals surface area contributed by atoms with E-state index < -0.39 is 6.09 Å². The number of anilines is 1. The lowest BCUT2D eigenvalue weighted by Gasteiger charge is -2.02. The maximum atomic E-state index is 11.7. The number of fused-ring (bicyclic) bond motifs is 1. The van der Waals surface area contributed by atoms with Crippen LogP contribution in [0.3, 0.4) is 0 Å². The van der Waals surface area contributed by atoms with Gasteiger partial charge in [0.25, 0.3) is 0 Å². The fourth-order valence-corrected chi connectivity index (χ4v) is 2.13. The Labute approximate surface area is 150 Å². The number of H-pyrrole nitrogens is 1. The van der Waals surface area contributed by atoms with Crippen LogP contribution in [0.5, 0.6) is 0 Å². The van der Waals surface area contributed by atoms with E-state index in [-0.39, 0.29) is 34.1 Å². The lowest BCUT2D eigenvalue weighted by Crippen LogP contribution is -2.13. The lowest BCUT2D eigenvalue weighted by molar-refractivity contribution is 0.168. The Bertz CT molecular complexity index is 965. The number of halogens is 2. The summed E-state index contributed by atoms with van der Waals surface area (Å²) in [4.78, 5) is 22.2. The maximum Gasteiger partial charge on any atom is 0.412 e. The molecule has 11 nitrogen and oxygen atoms in total. The van der Waals surface area contributed by atoms with Crippen LogP contribution in [-0.4, -0.2) is 42.5 Å². The van der Waals surface area contributed by atoms with Crippen molar-refractivity contribution in [3.8, 4) is 0 Å². The number of aromatic nitrogens is 6. The first-order chi connectivity index (χ1) is 12.0. The second-order valence-electron chi connectivity index (χ2n) is 4.59. The van der Waals surface area contributed by atoms with Gasteiger partial charge in [-0.15, -0.1) is 25.1 Å². The Hall–Kier alpha value is -2.79. The van der Waals surface area contributed by atoms with Crippen LogP contribution in [0.25, 0.3) is 5.65 Å². The molecule has 130 valence electrons. The highest BCUT2D eigenvalue weighted by Gasteiger charge is 2.19. The molecule has 0 radical (unpaired) electrons. The zero-order valence-corrected chi connectivity index (χ0v) is 14.5. The van der Waals surface area contributed by atoms with Crippen molar-refractivity contribution in [1.82, 2.24) is 29.8 Å². The van der Waals surface area contributed by atoms with Gasteiger partial charge in [-0.2, -0.15) is 0 Å². The largest absolute Gasteiger partial charge is 0.450 e. The van der Waals surface area contributed by atoms with Crippen LogP contribution in [0, 0.1) is 6.92 Å². The molecular formula is C12H11Cl2N9O2. The molecule has 0 aromatic carbocycles. The monoisotopic (exact) mass is 383 g/mol. The number of nitrogens with one attached hydrogen (secondary N) is 2. The Morgan fingerprint density at radius 3 is 2.92 bits per heavy atom. The molecule has 0 spiro atoms. The third-order valence-corrected chi connectivity index (χ3v) is 3.59. The van der Waals surface area contributed by atoms with Crippen molar-refractivity contribution in [1.29, 1.82) is 0 Å². The van der Waals surface area contributed by atoms with Crippen molar-refractivity contribution in [3.05, 3.63) is 22.3 Å². The average Bonchev–Trinajstić information content (AvgIpc) is 3.05. The molecule has 3 aromatic heterocycles. The summed E-state index contributed by atoms with van der Waals surface area (Å²) in [5.74, 6) is 0.779. The number of aromatic amines is 1. The van der Waals surface area contributed by atoms with Crippen LogP contribution in [0.2, 0.25) is 10.2 Å². The van der Waals surface area contributed by atoms with Crippen molar-refractivity contribution in [2.75, 3.05) is 11.9 Å². The molecule has 0 saturated heterocycles. The van der Waals surface area contributed by atoms with Crippen LogP contribution in [0.4, 0.5) is 22.1 Å². The molecule has 0 saturated carbocycles. The molecule has 1 amide bonds. The number of hydrogen-bond acceptors (Lipinski definition) is 8. The van der Waals surface area contributed by atoms with E-state index in [9.17, 15) is 4.79 Å². The minimum Gasteiger partial charge on any atom is -0.450 e. The summed E-state index contributed by atoms with van der Waals surface area (Å²) in [5, 5.41) is 18.8. The van der Waals surface area contributed by atoms with Gasteiger partial charge in [-0.1, -0.05) is 23.2 Å². The molecule has 0 atom stereocenters.